The number of nitrogens with zero attached hydrogens (tertiary/aromatic N) is 1. The average molecular weight is 249 g/mol. The smallest absolute Gasteiger partial charge is 0.142 e. The van der Waals surface area contributed by atoms with Gasteiger partial charge in [-0.25, -0.2) is 5.84 Å². The van der Waals surface area contributed by atoms with E-state index >= 15 is 0 Å². The van der Waals surface area contributed by atoms with Gasteiger partial charge in [0.2, 0.25) is 0 Å². The summed E-state index contributed by atoms with van der Waals surface area (Å²) in [4.78, 5) is 4.41. The lowest BCUT2D eigenvalue weighted by molar-refractivity contribution is 0.309. The summed E-state index contributed by atoms with van der Waals surface area (Å²) in [6, 6.07) is 8.01. The van der Waals surface area contributed by atoms with Crippen molar-refractivity contribution >= 4 is 5.84 Å². The lowest BCUT2D eigenvalue weighted by Crippen LogP contribution is -2.31. The maximum atomic E-state index is 5.60. The Bertz CT molecular complexity index is 371. The quantitative estimate of drug-likeness (QED) is 0.268. The van der Waals surface area contributed by atoms with Gasteiger partial charge in [0.1, 0.15) is 11.6 Å². The number of nitrogens with two attached hydrogens (primary N) is 1. The Morgan fingerprint density at radius 2 is 2.00 bits per heavy atom. The molecule has 1 rings (SSSR count). The van der Waals surface area contributed by atoms with E-state index < -0.39 is 0 Å². The zero-order chi connectivity index (χ0) is 13.4. The highest BCUT2D eigenvalue weighted by Crippen LogP contribution is 2.13. The lowest BCUT2D eigenvalue weighted by atomic mass is 10.2. The summed E-state index contributed by atoms with van der Waals surface area (Å²) in [5.41, 5.74) is 3.60. The number of nitrogens with one attached hydrogen (secondary N) is 1. The van der Waals surface area contributed by atoms with Gasteiger partial charge >= 0.3 is 0 Å². The Kier molecular flexibility index (Phi) is 6.22. The second-order valence-electron chi connectivity index (χ2n) is 4.44. The van der Waals surface area contributed by atoms with Crippen LogP contribution < -0.4 is 16.0 Å². The fourth-order valence-electron chi connectivity index (χ4n) is 1.50. The molecule has 0 fully saturated rings. The fourth-order valence-corrected chi connectivity index (χ4v) is 1.50. The average Bonchev–Trinajstić information content (AvgIpc) is 2.37. The van der Waals surface area contributed by atoms with E-state index in [0.717, 1.165) is 30.8 Å². The molecule has 0 saturated heterocycles. The molecule has 0 bridgehead atoms. The standard InChI is InChI=1S/C14H23N3O/c1-4-5-10-18-13-8-6-12(7-9-13)14(17-15)16-11(2)3/h6-9,11H,4-5,10,15H2,1-3H3,(H,16,17). The van der Waals surface area contributed by atoms with E-state index in [0.29, 0.717) is 5.84 Å². The van der Waals surface area contributed by atoms with E-state index in [4.69, 9.17) is 10.6 Å². The molecule has 1 aromatic rings. The minimum absolute atomic E-state index is 0.205. The molecule has 3 N–H and O–H groups in total. The molecule has 4 heteroatoms. The maximum Gasteiger partial charge on any atom is 0.142 e. The number of aliphatic imine (C=N–C) groups is 1. The van der Waals surface area contributed by atoms with Crippen LogP contribution in [0.3, 0.4) is 0 Å². The van der Waals surface area contributed by atoms with Crippen LogP contribution in [0.25, 0.3) is 0 Å². The first-order valence-electron chi connectivity index (χ1n) is 6.45. The van der Waals surface area contributed by atoms with Gasteiger partial charge in [0.25, 0.3) is 0 Å². The van der Waals surface area contributed by atoms with Gasteiger partial charge in [-0.3, -0.25) is 4.99 Å². The summed E-state index contributed by atoms with van der Waals surface area (Å²) in [7, 11) is 0. The van der Waals surface area contributed by atoms with Crippen LogP contribution in [-0.4, -0.2) is 18.5 Å². The Labute approximate surface area is 109 Å². The number of hydrogen-bond acceptors (Lipinski definition) is 3. The molecule has 100 valence electrons. The van der Waals surface area contributed by atoms with E-state index in [1.807, 2.05) is 38.1 Å². The summed E-state index contributed by atoms with van der Waals surface area (Å²) >= 11 is 0. The summed E-state index contributed by atoms with van der Waals surface area (Å²) in [5.74, 6) is 7.06. The maximum absolute atomic E-state index is 5.60. The molecule has 0 aliphatic heterocycles. The van der Waals surface area contributed by atoms with Crippen molar-refractivity contribution in [1.82, 2.24) is 5.43 Å². The molecule has 0 aliphatic rings. The van der Waals surface area contributed by atoms with E-state index in [9.17, 15) is 0 Å². The fraction of sp³-hybridized carbons (Fsp3) is 0.500. The van der Waals surface area contributed by atoms with Gasteiger partial charge in [0.05, 0.1) is 6.61 Å². The number of rotatable bonds is 6. The second kappa shape index (κ2) is 7.71. The third-order valence-electron chi connectivity index (χ3n) is 2.42. The Morgan fingerprint density at radius 1 is 1.33 bits per heavy atom. The molecule has 4 nitrogen and oxygen atoms in total. The van der Waals surface area contributed by atoms with Crippen molar-refractivity contribution in [3.05, 3.63) is 29.8 Å². The van der Waals surface area contributed by atoms with Crippen molar-refractivity contribution in [3.63, 3.8) is 0 Å². The van der Waals surface area contributed by atoms with Crippen LogP contribution in [0.5, 0.6) is 5.75 Å². The van der Waals surface area contributed by atoms with Crippen molar-refractivity contribution in [1.29, 1.82) is 0 Å². The van der Waals surface area contributed by atoms with Gasteiger partial charge in [0, 0.05) is 11.6 Å². The molecule has 0 heterocycles. The normalized spacial score (nSPS) is 11.7. The third-order valence-corrected chi connectivity index (χ3v) is 2.42. The highest BCUT2D eigenvalue weighted by molar-refractivity contribution is 5.98. The van der Waals surface area contributed by atoms with Crippen molar-refractivity contribution in [2.75, 3.05) is 6.61 Å². The molecule has 0 aliphatic carbocycles. The van der Waals surface area contributed by atoms with Crippen LogP contribution in [0.15, 0.2) is 29.3 Å². The first kappa shape index (κ1) is 14.5. The largest absolute Gasteiger partial charge is 0.494 e. The van der Waals surface area contributed by atoms with Gasteiger partial charge < -0.3 is 10.2 Å². The Morgan fingerprint density at radius 3 is 2.50 bits per heavy atom. The summed E-state index contributed by atoms with van der Waals surface area (Å²) in [6.07, 6.45) is 2.21. The first-order chi connectivity index (χ1) is 8.67. The highest BCUT2D eigenvalue weighted by Gasteiger charge is 2.03. The lowest BCUT2D eigenvalue weighted by Gasteiger charge is -2.09. The van der Waals surface area contributed by atoms with E-state index in [1.54, 1.807) is 0 Å². The second-order valence-corrected chi connectivity index (χ2v) is 4.44. The van der Waals surface area contributed by atoms with Crippen LogP contribution in [0.4, 0.5) is 0 Å². The van der Waals surface area contributed by atoms with Crippen LogP contribution in [0.1, 0.15) is 39.2 Å². The molecule has 0 atom stereocenters. The summed E-state index contributed by atoms with van der Waals surface area (Å²) < 4.78 is 5.60. The van der Waals surface area contributed by atoms with Crippen LogP contribution in [0, 0.1) is 0 Å². The number of hydrazine groups is 1. The van der Waals surface area contributed by atoms with Crippen LogP contribution >= 0.6 is 0 Å². The number of amidine groups is 1. The molecule has 0 radical (unpaired) electrons. The van der Waals surface area contributed by atoms with Gasteiger partial charge in [0.15, 0.2) is 0 Å². The molecule has 18 heavy (non-hydrogen) atoms. The molecule has 0 spiro atoms. The molecule has 0 amide bonds. The predicted octanol–water partition coefficient (Wildman–Crippen LogP) is 2.48. The van der Waals surface area contributed by atoms with Crippen molar-refractivity contribution < 1.29 is 4.74 Å². The first-order valence-corrected chi connectivity index (χ1v) is 6.45. The van der Waals surface area contributed by atoms with Crippen LogP contribution in [-0.2, 0) is 0 Å². The van der Waals surface area contributed by atoms with Crippen LogP contribution in [0.2, 0.25) is 0 Å². The molecule has 0 aromatic heterocycles. The Balaban J connectivity index is 2.69. The van der Waals surface area contributed by atoms with Crippen molar-refractivity contribution in [2.24, 2.45) is 10.8 Å². The zero-order valence-electron chi connectivity index (χ0n) is 11.4. The van der Waals surface area contributed by atoms with Gasteiger partial charge in [-0.2, -0.15) is 0 Å². The number of ether oxygens (including phenoxy) is 1. The van der Waals surface area contributed by atoms with Gasteiger partial charge in [-0.05, 0) is 44.5 Å². The molecule has 0 unspecified atom stereocenters. The van der Waals surface area contributed by atoms with Crippen molar-refractivity contribution in [2.45, 2.75) is 39.7 Å². The molecular formula is C14H23N3O. The molecule has 1 aromatic carbocycles. The monoisotopic (exact) mass is 249 g/mol. The third kappa shape index (κ3) is 4.75. The SMILES string of the molecule is CCCCOc1ccc(C(=NC(C)C)NN)cc1. The summed E-state index contributed by atoms with van der Waals surface area (Å²) in [6.45, 7) is 6.94. The minimum Gasteiger partial charge on any atom is -0.494 e. The van der Waals surface area contributed by atoms with Gasteiger partial charge in [-0.1, -0.05) is 13.3 Å². The minimum atomic E-state index is 0.205. The number of benzene rings is 1. The molecule has 0 saturated carbocycles. The topological polar surface area (TPSA) is 59.6 Å². The highest BCUT2D eigenvalue weighted by atomic mass is 16.5. The Hall–Kier alpha value is -1.55. The summed E-state index contributed by atoms with van der Waals surface area (Å²) in [5, 5.41) is 0. The van der Waals surface area contributed by atoms with E-state index in [1.165, 1.54) is 0 Å². The number of unbranched alkanes of at least 4 members (excludes halogenated alkanes) is 1. The van der Waals surface area contributed by atoms with E-state index in [2.05, 4.69) is 17.3 Å². The van der Waals surface area contributed by atoms with Crippen molar-refractivity contribution in [3.8, 4) is 5.75 Å². The zero-order valence-corrected chi connectivity index (χ0v) is 11.4. The number of hydrogen-bond donors (Lipinski definition) is 2. The van der Waals surface area contributed by atoms with E-state index in [-0.39, 0.29) is 6.04 Å². The predicted molar refractivity (Wildman–Crippen MR) is 75.8 cm³/mol. The molecular weight excluding hydrogens is 226 g/mol. The van der Waals surface area contributed by atoms with Gasteiger partial charge in [-0.15, -0.1) is 0 Å².